The van der Waals surface area contributed by atoms with E-state index in [1.54, 1.807) is 6.20 Å². The minimum Gasteiger partial charge on any atom is -0.378 e. The summed E-state index contributed by atoms with van der Waals surface area (Å²) in [6.07, 6.45) is 6.17. The van der Waals surface area contributed by atoms with Crippen molar-refractivity contribution in [2.45, 2.75) is 0 Å². The molecule has 4 rings (SSSR count). The summed E-state index contributed by atoms with van der Waals surface area (Å²) in [6.45, 7) is 8.04. The molecule has 3 heterocycles. The van der Waals surface area contributed by atoms with Crippen LogP contribution in [0.2, 0.25) is 0 Å². The summed E-state index contributed by atoms with van der Waals surface area (Å²) in [6, 6.07) is 10.4. The van der Waals surface area contributed by atoms with E-state index in [1.165, 1.54) is 5.56 Å². The minimum atomic E-state index is 0.735. The van der Waals surface area contributed by atoms with E-state index in [4.69, 9.17) is 9.72 Å². The van der Waals surface area contributed by atoms with Gasteiger partial charge in [0.05, 0.1) is 19.4 Å². The topological polar surface area (TPSA) is 57.6 Å². The largest absolute Gasteiger partial charge is 0.378 e. The van der Waals surface area contributed by atoms with E-state index in [0.717, 1.165) is 70.8 Å². The van der Waals surface area contributed by atoms with Gasteiger partial charge in [-0.25, -0.2) is 0 Å². The van der Waals surface area contributed by atoms with Crippen molar-refractivity contribution in [2.75, 3.05) is 68.8 Å². The molecule has 0 radical (unpaired) electrons. The van der Waals surface area contributed by atoms with Crippen LogP contribution in [0.1, 0.15) is 5.56 Å². The number of ether oxygens (including phenoxy) is 1. The number of aromatic nitrogens is 3. The smallest absolute Gasteiger partial charge is 0.247 e. The SMILES string of the molecule is C(=C\c1ccccc1)/CN1CCN(c2nncc(N3CCOCC3)n2)CC1. The second kappa shape index (κ2) is 8.92. The Balaban J connectivity index is 1.29. The Labute approximate surface area is 160 Å². The lowest BCUT2D eigenvalue weighted by atomic mass is 10.2. The number of hydrogen-bond donors (Lipinski definition) is 0. The van der Waals surface area contributed by atoms with Gasteiger partial charge in [-0.1, -0.05) is 42.5 Å². The number of rotatable bonds is 5. The molecule has 0 saturated carbocycles. The van der Waals surface area contributed by atoms with Crippen molar-refractivity contribution in [3.05, 3.63) is 48.2 Å². The summed E-state index contributed by atoms with van der Waals surface area (Å²) in [7, 11) is 0. The van der Waals surface area contributed by atoms with Gasteiger partial charge in [0.15, 0.2) is 5.82 Å². The van der Waals surface area contributed by atoms with Gasteiger partial charge >= 0.3 is 0 Å². The fourth-order valence-corrected chi connectivity index (χ4v) is 3.40. The average molecular weight is 366 g/mol. The first-order chi connectivity index (χ1) is 13.4. The van der Waals surface area contributed by atoms with E-state index in [2.05, 4.69) is 61.3 Å². The summed E-state index contributed by atoms with van der Waals surface area (Å²) in [5.41, 5.74) is 1.25. The zero-order chi connectivity index (χ0) is 18.3. The maximum atomic E-state index is 5.41. The Morgan fingerprint density at radius 2 is 1.70 bits per heavy atom. The lowest BCUT2D eigenvalue weighted by Gasteiger charge is -2.34. The van der Waals surface area contributed by atoms with Crippen LogP contribution < -0.4 is 9.80 Å². The Morgan fingerprint density at radius 3 is 2.48 bits per heavy atom. The van der Waals surface area contributed by atoms with E-state index in [0.29, 0.717) is 0 Å². The first-order valence-electron chi connectivity index (χ1n) is 9.60. The first-order valence-corrected chi connectivity index (χ1v) is 9.60. The number of nitrogens with zero attached hydrogens (tertiary/aromatic N) is 6. The third-order valence-corrected chi connectivity index (χ3v) is 5.00. The minimum absolute atomic E-state index is 0.735. The summed E-state index contributed by atoms with van der Waals surface area (Å²) >= 11 is 0. The standard InChI is InChI=1S/C20H26N6O/c1-2-5-18(6-3-1)7-4-8-24-9-11-26(12-10-24)20-22-19(17-21-23-20)25-13-15-27-16-14-25/h1-7,17H,8-16H2/b7-4+. The molecule has 27 heavy (non-hydrogen) atoms. The molecular formula is C20H26N6O. The summed E-state index contributed by atoms with van der Waals surface area (Å²) < 4.78 is 5.41. The molecule has 2 aromatic rings. The molecule has 0 aliphatic carbocycles. The average Bonchev–Trinajstić information content (AvgIpc) is 2.76. The Kier molecular flexibility index (Phi) is 5.91. The Morgan fingerprint density at radius 1 is 0.926 bits per heavy atom. The summed E-state index contributed by atoms with van der Waals surface area (Å²) in [4.78, 5) is 11.6. The molecule has 7 heteroatoms. The monoisotopic (exact) mass is 366 g/mol. The van der Waals surface area contributed by atoms with Crippen molar-refractivity contribution in [1.29, 1.82) is 0 Å². The molecule has 0 N–H and O–H groups in total. The van der Waals surface area contributed by atoms with Crippen molar-refractivity contribution in [3.8, 4) is 0 Å². The third kappa shape index (κ3) is 4.81. The molecule has 0 amide bonds. The number of piperazine rings is 1. The predicted octanol–water partition coefficient (Wildman–Crippen LogP) is 1.54. The molecule has 0 bridgehead atoms. The zero-order valence-electron chi connectivity index (χ0n) is 15.6. The Bertz CT molecular complexity index is 739. The van der Waals surface area contributed by atoms with Crippen LogP contribution in [0.25, 0.3) is 6.08 Å². The van der Waals surface area contributed by atoms with Gasteiger partial charge in [0.2, 0.25) is 5.95 Å². The van der Waals surface area contributed by atoms with Crippen LogP contribution in [0.5, 0.6) is 0 Å². The van der Waals surface area contributed by atoms with Gasteiger partial charge in [0.1, 0.15) is 0 Å². The van der Waals surface area contributed by atoms with E-state index in [9.17, 15) is 0 Å². The second-order valence-electron chi connectivity index (χ2n) is 6.81. The van der Waals surface area contributed by atoms with Crippen molar-refractivity contribution in [3.63, 3.8) is 0 Å². The van der Waals surface area contributed by atoms with Gasteiger partial charge in [-0.2, -0.15) is 10.1 Å². The van der Waals surface area contributed by atoms with Crippen LogP contribution in [0.15, 0.2) is 42.6 Å². The van der Waals surface area contributed by atoms with Crippen molar-refractivity contribution < 1.29 is 4.74 Å². The van der Waals surface area contributed by atoms with Gasteiger partial charge in [0, 0.05) is 45.8 Å². The lowest BCUT2D eigenvalue weighted by molar-refractivity contribution is 0.122. The van der Waals surface area contributed by atoms with E-state index >= 15 is 0 Å². The van der Waals surface area contributed by atoms with Crippen LogP contribution in [0.4, 0.5) is 11.8 Å². The molecule has 7 nitrogen and oxygen atoms in total. The van der Waals surface area contributed by atoms with Gasteiger partial charge in [-0.3, -0.25) is 4.90 Å². The fourth-order valence-electron chi connectivity index (χ4n) is 3.40. The molecule has 142 valence electrons. The fraction of sp³-hybridized carbons (Fsp3) is 0.450. The number of benzene rings is 1. The van der Waals surface area contributed by atoms with Crippen molar-refractivity contribution in [2.24, 2.45) is 0 Å². The van der Waals surface area contributed by atoms with E-state index in [1.807, 2.05) is 6.07 Å². The van der Waals surface area contributed by atoms with E-state index < -0.39 is 0 Å². The highest BCUT2D eigenvalue weighted by molar-refractivity contribution is 5.48. The van der Waals surface area contributed by atoms with Crippen molar-refractivity contribution in [1.82, 2.24) is 20.1 Å². The summed E-state index contributed by atoms with van der Waals surface area (Å²) in [5, 5.41) is 8.43. The highest BCUT2D eigenvalue weighted by Crippen LogP contribution is 2.16. The van der Waals surface area contributed by atoms with E-state index in [-0.39, 0.29) is 0 Å². The van der Waals surface area contributed by atoms with Crippen molar-refractivity contribution >= 4 is 17.8 Å². The van der Waals surface area contributed by atoms with Crippen LogP contribution in [0, 0.1) is 0 Å². The maximum absolute atomic E-state index is 5.41. The highest BCUT2D eigenvalue weighted by Gasteiger charge is 2.20. The number of morpholine rings is 1. The normalized spacial score (nSPS) is 19.0. The third-order valence-electron chi connectivity index (χ3n) is 5.00. The van der Waals surface area contributed by atoms with Gasteiger partial charge in [-0.05, 0) is 5.56 Å². The van der Waals surface area contributed by atoms with Crippen LogP contribution in [-0.4, -0.2) is 79.1 Å². The quantitative estimate of drug-likeness (QED) is 0.796. The summed E-state index contributed by atoms with van der Waals surface area (Å²) in [5.74, 6) is 1.63. The first kappa shape index (κ1) is 17.9. The molecule has 0 atom stereocenters. The second-order valence-corrected chi connectivity index (χ2v) is 6.81. The molecule has 2 aliphatic rings. The lowest BCUT2D eigenvalue weighted by Crippen LogP contribution is -2.47. The number of hydrogen-bond acceptors (Lipinski definition) is 7. The predicted molar refractivity (Wildman–Crippen MR) is 107 cm³/mol. The molecule has 2 fully saturated rings. The van der Waals surface area contributed by atoms with Crippen LogP contribution in [0.3, 0.4) is 0 Å². The molecule has 2 saturated heterocycles. The molecule has 1 aromatic carbocycles. The Hall–Kier alpha value is -2.51. The molecule has 0 spiro atoms. The highest BCUT2D eigenvalue weighted by atomic mass is 16.5. The molecule has 2 aliphatic heterocycles. The molecule has 1 aromatic heterocycles. The van der Waals surface area contributed by atoms with Crippen LogP contribution >= 0.6 is 0 Å². The molecular weight excluding hydrogens is 340 g/mol. The number of anilines is 2. The maximum Gasteiger partial charge on any atom is 0.247 e. The van der Waals surface area contributed by atoms with Gasteiger partial charge in [0.25, 0.3) is 0 Å². The molecule has 0 unspecified atom stereocenters. The van der Waals surface area contributed by atoms with Gasteiger partial charge in [-0.15, -0.1) is 5.10 Å². The zero-order valence-corrected chi connectivity index (χ0v) is 15.6. The van der Waals surface area contributed by atoms with Crippen LogP contribution in [-0.2, 0) is 4.74 Å². The van der Waals surface area contributed by atoms with Gasteiger partial charge < -0.3 is 14.5 Å².